The second-order valence-electron chi connectivity index (χ2n) is 4.09. The summed E-state index contributed by atoms with van der Waals surface area (Å²) in [5.74, 6) is 0. The van der Waals surface area contributed by atoms with E-state index in [2.05, 4.69) is 37.9 Å². The SMILES string of the molecule is CC[N+](CC)(CC)CCc1ccccn1.[I-]. The number of pyridine rings is 1. The lowest BCUT2D eigenvalue weighted by Gasteiger charge is -2.35. The largest absolute Gasteiger partial charge is 1.00 e. The molecule has 1 heterocycles. The summed E-state index contributed by atoms with van der Waals surface area (Å²) in [4.78, 5) is 4.37. The molecule has 3 heteroatoms. The van der Waals surface area contributed by atoms with Crippen LogP contribution in [0.1, 0.15) is 26.5 Å². The first-order chi connectivity index (χ1) is 7.26. The first-order valence-electron chi connectivity index (χ1n) is 6.01. The van der Waals surface area contributed by atoms with Gasteiger partial charge in [0.1, 0.15) is 0 Å². The van der Waals surface area contributed by atoms with Crippen LogP contribution in [0.2, 0.25) is 0 Å². The van der Waals surface area contributed by atoms with Crippen molar-refractivity contribution in [2.75, 3.05) is 26.2 Å². The van der Waals surface area contributed by atoms with Gasteiger partial charge in [0.2, 0.25) is 0 Å². The zero-order valence-corrected chi connectivity index (χ0v) is 12.8. The summed E-state index contributed by atoms with van der Waals surface area (Å²) in [6.07, 6.45) is 2.98. The molecule has 0 spiro atoms. The Morgan fingerprint density at radius 2 is 1.69 bits per heavy atom. The Kier molecular flexibility index (Phi) is 7.93. The van der Waals surface area contributed by atoms with Crippen LogP contribution in [-0.4, -0.2) is 35.6 Å². The summed E-state index contributed by atoms with van der Waals surface area (Å²) >= 11 is 0. The van der Waals surface area contributed by atoms with Gasteiger partial charge in [-0.05, 0) is 32.9 Å². The van der Waals surface area contributed by atoms with Crippen LogP contribution in [0.4, 0.5) is 0 Å². The number of rotatable bonds is 6. The summed E-state index contributed by atoms with van der Waals surface area (Å²) in [7, 11) is 0. The van der Waals surface area contributed by atoms with Crippen LogP contribution < -0.4 is 24.0 Å². The van der Waals surface area contributed by atoms with Gasteiger partial charge in [-0.3, -0.25) is 4.98 Å². The van der Waals surface area contributed by atoms with Crippen molar-refractivity contribution in [3.8, 4) is 0 Å². The molecule has 0 aliphatic rings. The normalized spacial score (nSPS) is 10.9. The zero-order chi connectivity index (χ0) is 11.1. The molecular weight excluding hydrogens is 311 g/mol. The average molecular weight is 334 g/mol. The van der Waals surface area contributed by atoms with E-state index in [9.17, 15) is 0 Å². The van der Waals surface area contributed by atoms with Gasteiger partial charge in [-0.2, -0.15) is 0 Å². The Labute approximate surface area is 117 Å². The molecule has 16 heavy (non-hydrogen) atoms. The number of likely N-dealkylation sites (N-methyl/N-ethyl adjacent to an activating group) is 1. The van der Waals surface area contributed by atoms with E-state index in [1.54, 1.807) is 0 Å². The number of halogens is 1. The maximum Gasteiger partial charge on any atom is 0.0842 e. The maximum absolute atomic E-state index is 4.37. The zero-order valence-electron chi connectivity index (χ0n) is 10.6. The summed E-state index contributed by atoms with van der Waals surface area (Å²) in [6.45, 7) is 11.7. The van der Waals surface area contributed by atoms with Crippen LogP contribution >= 0.6 is 0 Å². The van der Waals surface area contributed by atoms with E-state index in [0.29, 0.717) is 0 Å². The van der Waals surface area contributed by atoms with E-state index in [1.807, 2.05) is 12.3 Å². The molecule has 0 aromatic carbocycles. The Balaban J connectivity index is 0.00000225. The number of hydrogen-bond donors (Lipinski definition) is 0. The molecule has 92 valence electrons. The lowest BCUT2D eigenvalue weighted by Crippen LogP contribution is -3.00. The van der Waals surface area contributed by atoms with Crippen molar-refractivity contribution in [3.05, 3.63) is 30.1 Å². The van der Waals surface area contributed by atoms with Crippen LogP contribution in [-0.2, 0) is 6.42 Å². The topological polar surface area (TPSA) is 12.9 Å². The highest BCUT2D eigenvalue weighted by atomic mass is 127. The van der Waals surface area contributed by atoms with Crippen LogP contribution in [0, 0.1) is 0 Å². The summed E-state index contributed by atoms with van der Waals surface area (Å²) in [6, 6.07) is 6.17. The molecule has 0 unspecified atom stereocenters. The molecule has 0 radical (unpaired) electrons. The molecule has 1 aromatic heterocycles. The van der Waals surface area contributed by atoms with Gasteiger partial charge in [0.15, 0.2) is 0 Å². The molecule has 0 bridgehead atoms. The van der Waals surface area contributed by atoms with Gasteiger partial charge >= 0.3 is 0 Å². The standard InChI is InChI=1S/C13H23N2.HI/c1-4-15(5-2,6-3)12-10-13-9-7-8-11-14-13;/h7-9,11H,4-6,10,12H2,1-3H3;1H/q+1;/p-1. The molecule has 2 nitrogen and oxygen atoms in total. The third kappa shape index (κ3) is 4.37. The van der Waals surface area contributed by atoms with E-state index in [4.69, 9.17) is 0 Å². The molecule has 0 saturated carbocycles. The van der Waals surface area contributed by atoms with Gasteiger partial charge in [-0.15, -0.1) is 0 Å². The summed E-state index contributed by atoms with van der Waals surface area (Å²) in [5, 5.41) is 0. The first kappa shape index (κ1) is 15.8. The predicted octanol–water partition coefficient (Wildman–Crippen LogP) is -0.495. The highest BCUT2D eigenvalue weighted by Crippen LogP contribution is 2.08. The molecule has 0 atom stereocenters. The van der Waals surface area contributed by atoms with Crippen LogP contribution in [0.15, 0.2) is 24.4 Å². The number of nitrogens with zero attached hydrogens (tertiary/aromatic N) is 2. The van der Waals surface area contributed by atoms with Gasteiger partial charge in [0, 0.05) is 18.3 Å². The Morgan fingerprint density at radius 3 is 2.12 bits per heavy atom. The fourth-order valence-corrected chi connectivity index (χ4v) is 2.04. The predicted molar refractivity (Wildman–Crippen MR) is 64.7 cm³/mol. The van der Waals surface area contributed by atoms with Crippen LogP contribution in [0.5, 0.6) is 0 Å². The fraction of sp³-hybridized carbons (Fsp3) is 0.615. The van der Waals surface area contributed by atoms with E-state index < -0.39 is 0 Å². The molecule has 0 N–H and O–H groups in total. The Morgan fingerprint density at radius 1 is 1.06 bits per heavy atom. The van der Waals surface area contributed by atoms with E-state index in [-0.39, 0.29) is 24.0 Å². The lowest BCUT2D eigenvalue weighted by atomic mass is 10.2. The van der Waals surface area contributed by atoms with E-state index >= 15 is 0 Å². The molecule has 0 saturated heterocycles. The number of quaternary nitrogens is 1. The minimum Gasteiger partial charge on any atom is -1.00 e. The highest BCUT2D eigenvalue weighted by molar-refractivity contribution is 5.03. The quantitative estimate of drug-likeness (QED) is 0.505. The monoisotopic (exact) mass is 334 g/mol. The highest BCUT2D eigenvalue weighted by Gasteiger charge is 2.20. The fourth-order valence-electron chi connectivity index (χ4n) is 2.04. The van der Waals surface area contributed by atoms with Gasteiger partial charge in [-0.25, -0.2) is 0 Å². The van der Waals surface area contributed by atoms with Crippen molar-refractivity contribution >= 4 is 0 Å². The van der Waals surface area contributed by atoms with Gasteiger partial charge < -0.3 is 28.5 Å². The van der Waals surface area contributed by atoms with E-state index in [0.717, 1.165) is 6.42 Å². The van der Waals surface area contributed by atoms with Gasteiger partial charge in [0.05, 0.1) is 26.2 Å². The molecule has 0 fully saturated rings. The summed E-state index contributed by atoms with van der Waals surface area (Å²) < 4.78 is 1.20. The number of aromatic nitrogens is 1. The van der Waals surface area contributed by atoms with Crippen molar-refractivity contribution < 1.29 is 28.5 Å². The molecule has 1 rings (SSSR count). The van der Waals surface area contributed by atoms with Crippen LogP contribution in [0.25, 0.3) is 0 Å². The van der Waals surface area contributed by atoms with Crippen LogP contribution in [0.3, 0.4) is 0 Å². The van der Waals surface area contributed by atoms with Crippen molar-refractivity contribution in [2.24, 2.45) is 0 Å². The third-order valence-corrected chi connectivity index (χ3v) is 3.58. The maximum atomic E-state index is 4.37. The molecular formula is C13H23IN2. The minimum absolute atomic E-state index is 0. The second-order valence-corrected chi connectivity index (χ2v) is 4.09. The lowest BCUT2D eigenvalue weighted by molar-refractivity contribution is -0.923. The van der Waals surface area contributed by atoms with Crippen molar-refractivity contribution in [1.29, 1.82) is 0 Å². The van der Waals surface area contributed by atoms with Gasteiger partial charge in [0.25, 0.3) is 0 Å². The second kappa shape index (κ2) is 8.01. The third-order valence-electron chi connectivity index (χ3n) is 3.58. The Hall–Kier alpha value is -0.160. The summed E-state index contributed by atoms with van der Waals surface area (Å²) in [5.41, 5.74) is 1.22. The molecule has 1 aromatic rings. The minimum atomic E-state index is 0. The average Bonchev–Trinajstić information content (AvgIpc) is 2.33. The molecule has 0 amide bonds. The van der Waals surface area contributed by atoms with Crippen molar-refractivity contribution in [1.82, 2.24) is 4.98 Å². The van der Waals surface area contributed by atoms with Crippen molar-refractivity contribution in [3.63, 3.8) is 0 Å². The molecule has 0 aliphatic carbocycles. The van der Waals surface area contributed by atoms with E-state index in [1.165, 1.54) is 36.4 Å². The smallest absolute Gasteiger partial charge is 0.0842 e. The molecule has 0 aliphatic heterocycles. The Bertz CT molecular complexity index is 262. The first-order valence-corrected chi connectivity index (χ1v) is 6.01. The van der Waals surface area contributed by atoms with Crippen molar-refractivity contribution in [2.45, 2.75) is 27.2 Å². The number of hydrogen-bond acceptors (Lipinski definition) is 1. The van der Waals surface area contributed by atoms with Gasteiger partial charge in [-0.1, -0.05) is 6.07 Å².